The fraction of sp³-hybridized carbons (Fsp3) is 0.714. The first kappa shape index (κ1) is 13.3. The molecule has 0 amide bonds. The molecule has 0 fully saturated rings. The molecule has 0 saturated heterocycles. The number of hydrogen-bond donors (Lipinski definition) is 1. The lowest BCUT2D eigenvalue weighted by atomic mass is 10.00. The highest BCUT2D eigenvalue weighted by Gasteiger charge is 2.69. The first-order valence-electron chi connectivity index (χ1n) is 3.43. The summed E-state index contributed by atoms with van der Waals surface area (Å²) in [6.45, 7) is 2.06. The van der Waals surface area contributed by atoms with Crippen molar-refractivity contribution in [3.63, 3.8) is 0 Å². The zero-order chi connectivity index (χ0) is 11.8. The number of hydrogen-bond acceptors (Lipinski definition) is 1. The summed E-state index contributed by atoms with van der Waals surface area (Å²) < 4.78 is 71.7. The summed E-state index contributed by atoms with van der Waals surface area (Å²) in [5.41, 5.74) is -5.04. The Morgan fingerprint density at radius 3 is 1.29 bits per heavy atom. The molecule has 0 unspecified atom stereocenters. The Kier molecular flexibility index (Phi) is 3.27. The number of allylic oxidation sites excluding steroid dienone is 1. The number of alkyl halides is 6. The van der Waals surface area contributed by atoms with Crippen molar-refractivity contribution in [3.05, 3.63) is 11.6 Å². The van der Waals surface area contributed by atoms with Crippen molar-refractivity contribution in [2.75, 3.05) is 0 Å². The van der Waals surface area contributed by atoms with Crippen molar-refractivity contribution in [2.45, 2.75) is 31.8 Å². The van der Waals surface area contributed by atoms with Crippen LogP contribution >= 0.6 is 0 Å². The third-order valence-corrected chi connectivity index (χ3v) is 1.36. The standard InChI is InChI=1S/C7H8F6O/c1-4(2)3-5(14,6(8,9)10)7(11,12)13/h3,14H,1-2H3. The van der Waals surface area contributed by atoms with E-state index in [0.717, 1.165) is 13.8 Å². The van der Waals surface area contributed by atoms with E-state index in [1.807, 2.05) is 0 Å². The number of rotatable bonds is 1. The Morgan fingerprint density at radius 1 is 0.929 bits per heavy atom. The maximum atomic E-state index is 11.9. The van der Waals surface area contributed by atoms with Gasteiger partial charge in [-0.1, -0.05) is 5.57 Å². The molecule has 0 radical (unpaired) electrons. The van der Waals surface area contributed by atoms with Gasteiger partial charge in [0, 0.05) is 0 Å². The zero-order valence-corrected chi connectivity index (χ0v) is 7.29. The lowest BCUT2D eigenvalue weighted by Gasteiger charge is -2.29. The molecule has 0 bridgehead atoms. The Balaban J connectivity index is 5.41. The second kappa shape index (κ2) is 3.45. The van der Waals surface area contributed by atoms with E-state index in [9.17, 15) is 26.3 Å². The Labute approximate surface area is 76.0 Å². The van der Waals surface area contributed by atoms with Gasteiger partial charge in [0.25, 0.3) is 5.60 Å². The number of aliphatic hydroxyl groups is 1. The molecule has 84 valence electrons. The second-order valence-electron chi connectivity index (χ2n) is 2.98. The SMILES string of the molecule is CC(C)=CC(O)(C(F)(F)F)C(F)(F)F. The van der Waals surface area contributed by atoms with Gasteiger partial charge in [0.15, 0.2) is 0 Å². The molecule has 0 aliphatic carbocycles. The van der Waals surface area contributed by atoms with Crippen LogP contribution in [0.15, 0.2) is 11.6 Å². The fourth-order valence-electron chi connectivity index (χ4n) is 0.742. The van der Waals surface area contributed by atoms with Gasteiger partial charge in [-0.25, -0.2) is 0 Å². The van der Waals surface area contributed by atoms with Crippen LogP contribution in [0.2, 0.25) is 0 Å². The molecule has 1 nitrogen and oxygen atoms in total. The molecular weight excluding hydrogens is 214 g/mol. The molecular formula is C7H8F6O. The summed E-state index contributed by atoms with van der Waals surface area (Å²) in [5.74, 6) is 0. The van der Waals surface area contributed by atoms with Gasteiger partial charge in [-0.15, -0.1) is 0 Å². The highest BCUT2D eigenvalue weighted by Crippen LogP contribution is 2.44. The largest absolute Gasteiger partial charge is 0.430 e. The van der Waals surface area contributed by atoms with Gasteiger partial charge in [0.05, 0.1) is 0 Å². The van der Waals surface area contributed by atoms with Crippen molar-refractivity contribution in [1.29, 1.82) is 0 Å². The van der Waals surface area contributed by atoms with E-state index in [-0.39, 0.29) is 11.6 Å². The van der Waals surface area contributed by atoms with E-state index in [2.05, 4.69) is 0 Å². The topological polar surface area (TPSA) is 20.2 Å². The minimum absolute atomic E-state index is 0.257. The van der Waals surface area contributed by atoms with Gasteiger partial charge in [-0.2, -0.15) is 26.3 Å². The fourth-order valence-corrected chi connectivity index (χ4v) is 0.742. The number of halogens is 6. The maximum Gasteiger partial charge on any atom is 0.430 e. The van der Waals surface area contributed by atoms with E-state index in [0.29, 0.717) is 0 Å². The first-order valence-corrected chi connectivity index (χ1v) is 3.43. The lowest BCUT2D eigenvalue weighted by molar-refractivity contribution is -0.347. The van der Waals surface area contributed by atoms with E-state index >= 15 is 0 Å². The van der Waals surface area contributed by atoms with Crippen molar-refractivity contribution in [2.24, 2.45) is 0 Å². The van der Waals surface area contributed by atoms with E-state index in [4.69, 9.17) is 5.11 Å². The quantitative estimate of drug-likeness (QED) is 0.534. The van der Waals surface area contributed by atoms with Crippen molar-refractivity contribution in [3.8, 4) is 0 Å². The van der Waals surface area contributed by atoms with Crippen LogP contribution < -0.4 is 0 Å². The van der Waals surface area contributed by atoms with Crippen molar-refractivity contribution < 1.29 is 31.4 Å². The van der Waals surface area contributed by atoms with E-state index in [1.165, 1.54) is 0 Å². The molecule has 0 saturated carbocycles. The highest BCUT2D eigenvalue weighted by molar-refractivity contribution is 5.14. The van der Waals surface area contributed by atoms with Crippen molar-refractivity contribution in [1.82, 2.24) is 0 Å². The zero-order valence-electron chi connectivity index (χ0n) is 7.29. The molecule has 0 aliphatic rings. The monoisotopic (exact) mass is 222 g/mol. The lowest BCUT2D eigenvalue weighted by Crippen LogP contribution is -2.55. The predicted molar refractivity (Wildman–Crippen MR) is 36.5 cm³/mol. The van der Waals surface area contributed by atoms with Crippen LogP contribution in [0.5, 0.6) is 0 Å². The van der Waals surface area contributed by atoms with Gasteiger partial charge in [0.2, 0.25) is 0 Å². The molecule has 0 rings (SSSR count). The molecule has 0 aromatic heterocycles. The molecule has 0 atom stereocenters. The average molecular weight is 222 g/mol. The third-order valence-electron chi connectivity index (χ3n) is 1.36. The van der Waals surface area contributed by atoms with Gasteiger partial charge in [-0.3, -0.25) is 0 Å². The van der Waals surface area contributed by atoms with E-state index < -0.39 is 18.0 Å². The summed E-state index contributed by atoms with van der Waals surface area (Å²) in [7, 11) is 0. The molecule has 0 heterocycles. The van der Waals surface area contributed by atoms with Gasteiger partial charge >= 0.3 is 12.4 Å². The minimum atomic E-state index is -5.78. The van der Waals surface area contributed by atoms with Gasteiger partial charge < -0.3 is 5.11 Å². The van der Waals surface area contributed by atoms with Gasteiger partial charge in [-0.05, 0) is 19.9 Å². The molecule has 1 N–H and O–H groups in total. The molecule has 0 aromatic rings. The predicted octanol–water partition coefficient (Wildman–Crippen LogP) is 2.81. The summed E-state index contributed by atoms with van der Waals surface area (Å²) in [6, 6.07) is 0. The normalized spacial score (nSPS) is 14.1. The summed E-state index contributed by atoms with van der Waals surface area (Å²) in [4.78, 5) is 0. The average Bonchev–Trinajstić information content (AvgIpc) is 1.79. The molecule has 14 heavy (non-hydrogen) atoms. The van der Waals surface area contributed by atoms with Crippen LogP contribution in [0, 0.1) is 0 Å². The highest BCUT2D eigenvalue weighted by atomic mass is 19.4. The smallest absolute Gasteiger partial charge is 0.370 e. The summed E-state index contributed by atoms with van der Waals surface area (Å²) in [5, 5.41) is 8.53. The van der Waals surface area contributed by atoms with Crippen LogP contribution in [-0.2, 0) is 0 Å². The van der Waals surface area contributed by atoms with Crippen LogP contribution in [-0.4, -0.2) is 23.1 Å². The Morgan fingerprint density at radius 2 is 1.21 bits per heavy atom. The third kappa shape index (κ3) is 2.40. The van der Waals surface area contributed by atoms with Crippen LogP contribution in [0.3, 0.4) is 0 Å². The molecule has 0 aliphatic heterocycles. The second-order valence-corrected chi connectivity index (χ2v) is 2.98. The summed E-state index contributed by atoms with van der Waals surface area (Å²) >= 11 is 0. The van der Waals surface area contributed by atoms with Crippen LogP contribution in [0.1, 0.15) is 13.8 Å². The van der Waals surface area contributed by atoms with Crippen LogP contribution in [0.4, 0.5) is 26.3 Å². The first-order chi connectivity index (χ1) is 5.92. The summed E-state index contributed by atoms with van der Waals surface area (Å²) in [6.07, 6.45) is -11.8. The molecule has 7 heteroatoms. The maximum absolute atomic E-state index is 11.9. The van der Waals surface area contributed by atoms with Gasteiger partial charge in [0.1, 0.15) is 0 Å². The van der Waals surface area contributed by atoms with E-state index in [1.54, 1.807) is 0 Å². The van der Waals surface area contributed by atoms with Crippen LogP contribution in [0.25, 0.3) is 0 Å². The Bertz CT molecular complexity index is 218. The minimum Gasteiger partial charge on any atom is -0.370 e. The molecule has 0 aromatic carbocycles. The molecule has 0 spiro atoms. The Hall–Kier alpha value is -0.720. The van der Waals surface area contributed by atoms with Crippen molar-refractivity contribution >= 4 is 0 Å².